The molecular weight excluding hydrogens is 625 g/mol. The molecule has 0 unspecified atom stereocenters. The van der Waals surface area contributed by atoms with Gasteiger partial charge in [0.15, 0.2) is 11.4 Å². The van der Waals surface area contributed by atoms with Crippen molar-refractivity contribution in [3.8, 4) is 17.0 Å². The molecule has 3 heterocycles. The van der Waals surface area contributed by atoms with E-state index in [1.165, 1.54) is 8.96 Å². The van der Waals surface area contributed by atoms with Crippen molar-refractivity contribution in [1.82, 2.24) is 4.48 Å². The summed E-state index contributed by atoms with van der Waals surface area (Å²) in [7, 11) is 1.57. The Labute approximate surface area is 241 Å². The molecule has 0 N–H and O–H groups in total. The number of ether oxygens (including phenoxy) is 1. The number of aromatic nitrogens is 1. The highest BCUT2D eigenvalue weighted by molar-refractivity contribution is 9.10. The lowest BCUT2D eigenvalue weighted by atomic mass is 9.88. The molecule has 2 aliphatic heterocycles. The first-order valence-corrected chi connectivity index (χ1v) is 14.1. The summed E-state index contributed by atoms with van der Waals surface area (Å²) >= 11 is 7.14. The maximum absolute atomic E-state index is 17.4. The van der Waals surface area contributed by atoms with Gasteiger partial charge in [-0.25, -0.2) is 0 Å². The van der Waals surface area contributed by atoms with Gasteiger partial charge in [-0.3, -0.25) is 0 Å². The number of rotatable bonds is 3. The lowest BCUT2D eigenvalue weighted by Crippen LogP contribution is -2.50. The third kappa shape index (κ3) is 3.47. The van der Waals surface area contributed by atoms with Crippen LogP contribution in [0, 0.1) is 6.92 Å². The number of benzene rings is 4. The zero-order valence-electron chi connectivity index (χ0n) is 21.1. The molecule has 0 saturated heterocycles. The topological polar surface area (TPSA) is 17.2 Å². The molecule has 39 heavy (non-hydrogen) atoms. The summed E-state index contributed by atoms with van der Waals surface area (Å²) in [6.07, 6.45) is 1.91. The van der Waals surface area contributed by atoms with Gasteiger partial charge in [-0.15, -0.1) is 0 Å². The molecule has 5 aromatic rings. The van der Waals surface area contributed by atoms with Crippen LogP contribution in [0.4, 0.5) is 8.63 Å². The molecule has 0 atom stereocenters. The Morgan fingerprint density at radius 3 is 2.23 bits per heavy atom. The van der Waals surface area contributed by atoms with E-state index in [-0.39, 0.29) is 0 Å². The molecule has 0 radical (unpaired) electrons. The van der Waals surface area contributed by atoms with Crippen LogP contribution < -0.4 is 4.74 Å². The maximum Gasteiger partial charge on any atom is 0.737 e. The summed E-state index contributed by atoms with van der Waals surface area (Å²) in [6, 6.07) is 26.6. The van der Waals surface area contributed by atoms with Gasteiger partial charge in [-0.1, -0.05) is 74.3 Å². The average molecular weight is 646 g/mol. The van der Waals surface area contributed by atoms with Crippen molar-refractivity contribution >= 4 is 67.1 Å². The summed E-state index contributed by atoms with van der Waals surface area (Å²) in [6.45, 7) is -2.37. The highest BCUT2D eigenvalue weighted by atomic mass is 79.9. The molecule has 4 aromatic carbocycles. The summed E-state index contributed by atoms with van der Waals surface area (Å²) in [5.41, 5.74) is 5.75. The van der Waals surface area contributed by atoms with Crippen molar-refractivity contribution in [1.29, 1.82) is 0 Å². The summed E-state index contributed by atoms with van der Waals surface area (Å²) in [5.74, 6) is 0.540. The van der Waals surface area contributed by atoms with Crippen LogP contribution in [0.2, 0.25) is 0 Å². The van der Waals surface area contributed by atoms with Crippen LogP contribution in [0.5, 0.6) is 5.75 Å². The van der Waals surface area contributed by atoms with Gasteiger partial charge in [-0.2, -0.15) is 0 Å². The quantitative estimate of drug-likeness (QED) is 0.179. The van der Waals surface area contributed by atoms with Crippen molar-refractivity contribution in [2.75, 3.05) is 7.11 Å². The Kier molecular flexibility index (Phi) is 5.52. The van der Waals surface area contributed by atoms with E-state index < -0.39 is 6.97 Å². The lowest BCUT2D eigenvalue weighted by molar-refractivity contribution is -0.316. The van der Waals surface area contributed by atoms with Gasteiger partial charge in [0.05, 0.1) is 23.8 Å². The van der Waals surface area contributed by atoms with E-state index in [2.05, 4.69) is 31.9 Å². The number of hydrogen-bond acceptors (Lipinski definition) is 1. The third-order valence-electron chi connectivity index (χ3n) is 7.68. The summed E-state index contributed by atoms with van der Waals surface area (Å²) in [5, 5.41) is 1.57. The Morgan fingerprint density at radius 1 is 0.769 bits per heavy atom. The zero-order chi connectivity index (χ0) is 27.1. The van der Waals surface area contributed by atoms with Gasteiger partial charge in [0.2, 0.25) is 0 Å². The SMILES string of the molecule is COc1ccccc1C1=[N+]2C(=Cc3c4ccc(Br)cc4c(-c4ccccc4C)n3[B-]2(F)F)c2ccc(Br)cc21. The first-order valence-electron chi connectivity index (χ1n) is 12.5. The number of hydrogen-bond donors (Lipinski definition) is 0. The molecule has 0 amide bonds. The Bertz CT molecular complexity index is 1930. The van der Waals surface area contributed by atoms with E-state index in [1.54, 1.807) is 7.11 Å². The van der Waals surface area contributed by atoms with Crippen LogP contribution in [0.3, 0.4) is 0 Å². The second-order valence-electron chi connectivity index (χ2n) is 9.84. The van der Waals surface area contributed by atoms with E-state index in [0.717, 1.165) is 42.0 Å². The van der Waals surface area contributed by atoms with Crippen LogP contribution in [0.1, 0.15) is 27.9 Å². The molecule has 0 aliphatic carbocycles. The van der Waals surface area contributed by atoms with Gasteiger partial charge in [0, 0.05) is 37.2 Å². The van der Waals surface area contributed by atoms with Crippen molar-refractivity contribution in [3.05, 3.63) is 122 Å². The van der Waals surface area contributed by atoms with Gasteiger partial charge in [-0.05, 0) is 60.5 Å². The summed E-state index contributed by atoms with van der Waals surface area (Å²) < 4.78 is 44.7. The highest BCUT2D eigenvalue weighted by Gasteiger charge is 2.56. The normalized spacial score (nSPS) is 15.2. The van der Waals surface area contributed by atoms with E-state index in [1.807, 2.05) is 97.9 Å². The molecule has 3 nitrogen and oxygen atoms in total. The molecule has 192 valence electrons. The number of methoxy groups -OCH3 is 1. The molecule has 0 bridgehead atoms. The first kappa shape index (κ1) is 24.5. The largest absolute Gasteiger partial charge is 0.737 e. The van der Waals surface area contributed by atoms with Gasteiger partial charge >= 0.3 is 6.97 Å². The minimum atomic E-state index is -4.34. The van der Waals surface area contributed by atoms with Gasteiger partial charge < -0.3 is 22.3 Å². The molecule has 0 spiro atoms. The number of para-hydroxylation sites is 1. The zero-order valence-corrected chi connectivity index (χ0v) is 24.2. The second-order valence-corrected chi connectivity index (χ2v) is 11.7. The number of fused-ring (bicyclic) bond motifs is 6. The smallest absolute Gasteiger partial charge is 0.496 e. The fourth-order valence-corrected chi connectivity index (χ4v) is 6.77. The predicted octanol–water partition coefficient (Wildman–Crippen LogP) is 8.75. The summed E-state index contributed by atoms with van der Waals surface area (Å²) in [4.78, 5) is 0. The maximum atomic E-state index is 17.4. The Hall–Kier alpha value is -3.49. The second kappa shape index (κ2) is 8.76. The monoisotopic (exact) mass is 644 g/mol. The third-order valence-corrected chi connectivity index (χ3v) is 8.67. The number of halogens is 4. The molecule has 0 saturated carbocycles. The lowest BCUT2D eigenvalue weighted by Gasteiger charge is -2.31. The van der Waals surface area contributed by atoms with E-state index >= 15 is 8.63 Å². The minimum absolute atomic E-state index is 0.431. The van der Waals surface area contributed by atoms with E-state index in [9.17, 15) is 0 Å². The van der Waals surface area contributed by atoms with Crippen LogP contribution in [-0.4, -0.2) is 28.8 Å². The molecule has 0 fully saturated rings. The van der Waals surface area contributed by atoms with E-state index in [4.69, 9.17) is 4.74 Å². The predicted molar refractivity (Wildman–Crippen MR) is 162 cm³/mol. The fourth-order valence-electron chi connectivity index (χ4n) is 6.04. The van der Waals surface area contributed by atoms with Gasteiger partial charge in [0.25, 0.3) is 0 Å². The van der Waals surface area contributed by atoms with Crippen molar-refractivity contribution in [2.45, 2.75) is 6.92 Å². The Balaban J connectivity index is 1.66. The van der Waals surface area contributed by atoms with Crippen LogP contribution >= 0.6 is 31.9 Å². The fraction of sp³-hybridized carbons (Fsp3) is 0.0645. The minimum Gasteiger partial charge on any atom is -0.496 e. The van der Waals surface area contributed by atoms with Crippen molar-refractivity contribution in [3.63, 3.8) is 0 Å². The Morgan fingerprint density at radius 2 is 1.46 bits per heavy atom. The van der Waals surface area contributed by atoms with Crippen molar-refractivity contribution in [2.24, 2.45) is 0 Å². The molecule has 2 aliphatic rings. The molecule has 1 aromatic heterocycles. The van der Waals surface area contributed by atoms with Gasteiger partial charge in [0.1, 0.15) is 5.75 Å². The molecule has 7 rings (SSSR count). The average Bonchev–Trinajstić information content (AvgIpc) is 3.42. The van der Waals surface area contributed by atoms with Crippen LogP contribution in [0.15, 0.2) is 93.9 Å². The number of aryl methyl sites for hydroxylation is 1. The standard InChI is InChI=1S/C31H21BBr2F2N2O/c1-18-7-3-4-8-21(18)30-25-15-19(33)11-13-22(25)27-17-28-23-14-12-20(34)16-26(23)31(38(28)32(35,36)37(27)30)24-9-5-6-10-29(24)39-2/h3-17H,1-2H3. The van der Waals surface area contributed by atoms with Crippen molar-refractivity contribution < 1.29 is 17.9 Å². The number of nitrogens with zero attached hydrogens (tertiary/aromatic N) is 2. The van der Waals surface area contributed by atoms with Crippen LogP contribution in [-0.2, 0) is 0 Å². The molecular formula is C31H21BBr2F2N2O. The first-order chi connectivity index (χ1) is 18.8. The molecule has 8 heteroatoms. The van der Waals surface area contributed by atoms with E-state index in [0.29, 0.717) is 34.1 Å². The highest BCUT2D eigenvalue weighted by Crippen LogP contribution is 2.48. The van der Waals surface area contributed by atoms with Crippen LogP contribution in [0.25, 0.3) is 33.8 Å².